The van der Waals surface area contributed by atoms with Crippen molar-refractivity contribution in [2.75, 3.05) is 19.7 Å². The molecule has 1 aromatic heterocycles. The molecule has 0 atom stereocenters. The Hall–Kier alpha value is -2.36. The standard InChI is InChI=1S/C25H34N2O2/c28-25(14-8-10-22-15-17-26-18-16-22)27-19-7-3-1-2-4-11-23-12-5-6-13-24(23)29-21-9-20-27/h5-6,12-13,15-18H,1-4,7-11,14,19-21H2. The molecule has 29 heavy (non-hydrogen) atoms. The Morgan fingerprint density at radius 3 is 2.59 bits per heavy atom. The van der Waals surface area contributed by atoms with E-state index in [2.05, 4.69) is 28.1 Å². The van der Waals surface area contributed by atoms with Gasteiger partial charge in [-0.25, -0.2) is 0 Å². The zero-order valence-corrected chi connectivity index (χ0v) is 17.5. The molecule has 0 bridgehead atoms. The van der Waals surface area contributed by atoms with Crippen LogP contribution >= 0.6 is 0 Å². The number of carbonyl (C=O) groups is 1. The summed E-state index contributed by atoms with van der Waals surface area (Å²) in [4.78, 5) is 18.9. The number of para-hydroxylation sites is 1. The van der Waals surface area contributed by atoms with E-state index in [1.165, 1.54) is 36.8 Å². The first-order valence-corrected chi connectivity index (χ1v) is 11.2. The number of carbonyl (C=O) groups excluding carboxylic acids is 1. The summed E-state index contributed by atoms with van der Waals surface area (Å²) in [5, 5.41) is 0. The van der Waals surface area contributed by atoms with Crippen LogP contribution in [0.3, 0.4) is 0 Å². The molecule has 1 aliphatic rings. The van der Waals surface area contributed by atoms with Crippen molar-refractivity contribution in [3.8, 4) is 5.75 Å². The molecular weight excluding hydrogens is 360 g/mol. The normalized spacial score (nSPS) is 16.3. The smallest absolute Gasteiger partial charge is 0.222 e. The number of hydrogen-bond acceptors (Lipinski definition) is 3. The molecule has 156 valence electrons. The molecule has 0 spiro atoms. The summed E-state index contributed by atoms with van der Waals surface area (Å²) in [7, 11) is 0. The summed E-state index contributed by atoms with van der Waals surface area (Å²) in [6.45, 7) is 2.33. The minimum atomic E-state index is 0.284. The van der Waals surface area contributed by atoms with Crippen molar-refractivity contribution in [2.24, 2.45) is 0 Å². The summed E-state index contributed by atoms with van der Waals surface area (Å²) in [6.07, 6.45) is 14.1. The van der Waals surface area contributed by atoms with E-state index >= 15 is 0 Å². The van der Waals surface area contributed by atoms with Crippen LogP contribution < -0.4 is 4.74 Å². The molecule has 0 aliphatic carbocycles. The van der Waals surface area contributed by atoms with Crippen molar-refractivity contribution in [1.82, 2.24) is 9.88 Å². The van der Waals surface area contributed by atoms with Gasteiger partial charge in [-0.1, -0.05) is 37.5 Å². The van der Waals surface area contributed by atoms with E-state index in [9.17, 15) is 4.79 Å². The SMILES string of the molecule is O=C(CCCc1ccncc1)N1CCCCCCCc2ccccc2OCCC1. The fourth-order valence-corrected chi connectivity index (χ4v) is 3.95. The summed E-state index contributed by atoms with van der Waals surface area (Å²) in [6, 6.07) is 12.4. The number of amides is 1. The van der Waals surface area contributed by atoms with Gasteiger partial charge in [-0.3, -0.25) is 9.78 Å². The highest BCUT2D eigenvalue weighted by atomic mass is 16.5. The van der Waals surface area contributed by atoms with Gasteiger partial charge >= 0.3 is 0 Å². The Labute approximate surface area is 175 Å². The van der Waals surface area contributed by atoms with Gasteiger partial charge in [-0.05, 0) is 67.9 Å². The Morgan fingerprint density at radius 2 is 1.69 bits per heavy atom. The molecule has 3 rings (SSSR count). The number of pyridine rings is 1. The molecule has 0 fully saturated rings. The van der Waals surface area contributed by atoms with Crippen LogP contribution in [-0.2, 0) is 17.6 Å². The molecular formula is C25H34N2O2. The lowest BCUT2D eigenvalue weighted by atomic mass is 10.0. The fraction of sp³-hybridized carbons (Fsp3) is 0.520. The van der Waals surface area contributed by atoms with E-state index in [1.54, 1.807) is 0 Å². The molecule has 2 aromatic rings. The summed E-state index contributed by atoms with van der Waals surface area (Å²) in [5.41, 5.74) is 2.56. The van der Waals surface area contributed by atoms with Gasteiger partial charge in [0, 0.05) is 31.9 Å². The Kier molecular flexibility index (Phi) is 9.02. The van der Waals surface area contributed by atoms with Crippen molar-refractivity contribution in [3.63, 3.8) is 0 Å². The third-order valence-corrected chi connectivity index (χ3v) is 5.63. The van der Waals surface area contributed by atoms with Crippen LogP contribution in [0.4, 0.5) is 0 Å². The number of hydrogen-bond donors (Lipinski definition) is 0. The molecule has 1 aromatic carbocycles. The van der Waals surface area contributed by atoms with Crippen molar-refractivity contribution < 1.29 is 9.53 Å². The molecule has 1 aliphatic heterocycles. The Balaban J connectivity index is 1.50. The van der Waals surface area contributed by atoms with Crippen LogP contribution in [0.2, 0.25) is 0 Å². The largest absolute Gasteiger partial charge is 0.493 e. The molecule has 0 radical (unpaired) electrons. The van der Waals surface area contributed by atoms with E-state index in [0.717, 1.165) is 50.9 Å². The van der Waals surface area contributed by atoms with Gasteiger partial charge < -0.3 is 9.64 Å². The van der Waals surface area contributed by atoms with Crippen LogP contribution in [0.1, 0.15) is 62.5 Å². The molecule has 4 heteroatoms. The van der Waals surface area contributed by atoms with Crippen LogP contribution in [-0.4, -0.2) is 35.5 Å². The van der Waals surface area contributed by atoms with Gasteiger partial charge in [0.05, 0.1) is 6.61 Å². The summed E-state index contributed by atoms with van der Waals surface area (Å²) < 4.78 is 6.06. The fourth-order valence-electron chi connectivity index (χ4n) is 3.95. The van der Waals surface area contributed by atoms with E-state index in [0.29, 0.717) is 13.0 Å². The van der Waals surface area contributed by atoms with Crippen molar-refractivity contribution in [2.45, 2.75) is 64.2 Å². The maximum Gasteiger partial charge on any atom is 0.222 e. The number of fused-ring (bicyclic) bond motifs is 1. The molecule has 0 saturated carbocycles. The Bertz CT molecular complexity index is 733. The van der Waals surface area contributed by atoms with Crippen molar-refractivity contribution in [1.29, 1.82) is 0 Å². The number of ether oxygens (including phenoxy) is 1. The van der Waals surface area contributed by atoms with Crippen molar-refractivity contribution >= 4 is 5.91 Å². The van der Waals surface area contributed by atoms with Crippen LogP contribution in [0, 0.1) is 0 Å². The zero-order chi connectivity index (χ0) is 20.2. The van der Waals surface area contributed by atoms with E-state index in [1.807, 2.05) is 30.6 Å². The molecule has 2 heterocycles. The van der Waals surface area contributed by atoms with Crippen LogP contribution in [0.25, 0.3) is 0 Å². The minimum Gasteiger partial charge on any atom is -0.493 e. The third-order valence-electron chi connectivity index (χ3n) is 5.63. The first kappa shape index (κ1) is 21.4. The molecule has 0 unspecified atom stereocenters. The lowest BCUT2D eigenvalue weighted by Gasteiger charge is -2.23. The molecule has 0 saturated heterocycles. The highest BCUT2D eigenvalue weighted by Gasteiger charge is 2.13. The van der Waals surface area contributed by atoms with E-state index < -0.39 is 0 Å². The van der Waals surface area contributed by atoms with Crippen molar-refractivity contribution in [3.05, 3.63) is 59.9 Å². The second-order valence-electron chi connectivity index (χ2n) is 7.92. The predicted molar refractivity (Wildman–Crippen MR) is 117 cm³/mol. The second kappa shape index (κ2) is 12.3. The minimum absolute atomic E-state index is 0.284. The Morgan fingerprint density at radius 1 is 0.931 bits per heavy atom. The monoisotopic (exact) mass is 394 g/mol. The average Bonchev–Trinajstić information content (AvgIpc) is 2.75. The molecule has 4 nitrogen and oxygen atoms in total. The zero-order valence-electron chi connectivity index (χ0n) is 17.5. The van der Waals surface area contributed by atoms with Gasteiger partial charge in [0.15, 0.2) is 0 Å². The number of rotatable bonds is 4. The first-order chi connectivity index (χ1) is 14.3. The van der Waals surface area contributed by atoms with Gasteiger partial charge in [0.25, 0.3) is 0 Å². The lowest BCUT2D eigenvalue weighted by molar-refractivity contribution is -0.131. The number of aromatic nitrogens is 1. The van der Waals surface area contributed by atoms with E-state index in [4.69, 9.17) is 4.74 Å². The molecule has 1 amide bonds. The summed E-state index contributed by atoms with van der Waals surface area (Å²) >= 11 is 0. The van der Waals surface area contributed by atoms with Gasteiger partial charge in [-0.2, -0.15) is 0 Å². The third kappa shape index (κ3) is 7.52. The average molecular weight is 395 g/mol. The quantitative estimate of drug-likeness (QED) is 0.715. The number of nitrogens with zero attached hydrogens (tertiary/aromatic N) is 2. The number of aryl methyl sites for hydroxylation is 2. The molecule has 0 N–H and O–H groups in total. The highest BCUT2D eigenvalue weighted by molar-refractivity contribution is 5.76. The predicted octanol–water partition coefficient (Wildman–Crippen LogP) is 5.21. The van der Waals surface area contributed by atoms with Gasteiger partial charge in [0.1, 0.15) is 5.75 Å². The number of benzene rings is 1. The van der Waals surface area contributed by atoms with Gasteiger partial charge in [-0.15, -0.1) is 0 Å². The second-order valence-corrected chi connectivity index (χ2v) is 7.92. The van der Waals surface area contributed by atoms with E-state index in [-0.39, 0.29) is 5.91 Å². The summed E-state index contributed by atoms with van der Waals surface area (Å²) in [5.74, 6) is 1.30. The first-order valence-electron chi connectivity index (χ1n) is 11.2. The van der Waals surface area contributed by atoms with Crippen LogP contribution in [0.5, 0.6) is 5.75 Å². The van der Waals surface area contributed by atoms with Gasteiger partial charge in [0.2, 0.25) is 5.91 Å². The highest BCUT2D eigenvalue weighted by Crippen LogP contribution is 2.21. The maximum absolute atomic E-state index is 12.8. The topological polar surface area (TPSA) is 42.4 Å². The van der Waals surface area contributed by atoms with Crippen LogP contribution in [0.15, 0.2) is 48.8 Å². The maximum atomic E-state index is 12.8. The lowest BCUT2D eigenvalue weighted by Crippen LogP contribution is -2.33.